The number of benzene rings is 3. The van der Waals surface area contributed by atoms with Crippen molar-refractivity contribution in [2.24, 2.45) is 0 Å². The van der Waals surface area contributed by atoms with E-state index in [0.29, 0.717) is 5.56 Å². The maximum Gasteiger partial charge on any atom is 0.103 e. The zero-order chi connectivity index (χ0) is 28.0. The van der Waals surface area contributed by atoms with Crippen molar-refractivity contribution in [3.8, 4) is 17.2 Å². The highest BCUT2D eigenvalue weighted by molar-refractivity contribution is 5.97. The van der Waals surface area contributed by atoms with E-state index in [4.69, 9.17) is 9.52 Å². The minimum absolute atomic E-state index is 0.227. The van der Waals surface area contributed by atoms with Crippen molar-refractivity contribution in [2.75, 3.05) is 44.6 Å². The molecule has 2 aromatic heterocycles. The Balaban J connectivity index is 1.17. The van der Waals surface area contributed by atoms with Crippen molar-refractivity contribution >= 4 is 22.3 Å². The van der Waals surface area contributed by atoms with Gasteiger partial charge in [0.25, 0.3) is 0 Å². The van der Waals surface area contributed by atoms with E-state index in [2.05, 4.69) is 74.7 Å². The van der Waals surface area contributed by atoms with Crippen molar-refractivity contribution in [3.63, 3.8) is 0 Å². The first kappa shape index (κ1) is 26.7. The van der Waals surface area contributed by atoms with Crippen LogP contribution in [0, 0.1) is 11.3 Å². The fourth-order valence-corrected chi connectivity index (χ4v) is 5.45. The number of fused-ring (bicyclic) bond motifs is 1. The third kappa shape index (κ3) is 6.31. The molecule has 1 aliphatic rings. The second-order valence-corrected chi connectivity index (χ2v) is 10.6. The zero-order valence-corrected chi connectivity index (χ0v) is 23.0. The summed E-state index contributed by atoms with van der Waals surface area (Å²) in [7, 11) is 0. The Bertz CT molecular complexity index is 1630. The van der Waals surface area contributed by atoms with Crippen LogP contribution in [0.4, 0.5) is 11.4 Å². The third-order valence-corrected chi connectivity index (χ3v) is 7.78. The molecule has 0 bridgehead atoms. The summed E-state index contributed by atoms with van der Waals surface area (Å²) in [4.78, 5) is 9.40. The van der Waals surface area contributed by atoms with Gasteiger partial charge in [-0.05, 0) is 52.1 Å². The number of nitriles is 1. The van der Waals surface area contributed by atoms with Crippen LogP contribution in [-0.2, 0) is 13.0 Å². The van der Waals surface area contributed by atoms with Gasteiger partial charge in [0.05, 0.1) is 35.9 Å². The molecule has 6 rings (SSSR count). The van der Waals surface area contributed by atoms with E-state index in [1.54, 1.807) is 18.7 Å². The highest BCUT2D eigenvalue weighted by Crippen LogP contribution is 2.32. The Morgan fingerprint density at radius 1 is 0.854 bits per heavy atom. The van der Waals surface area contributed by atoms with E-state index in [1.165, 1.54) is 11.1 Å². The largest absolute Gasteiger partial charge is 0.472 e. The maximum atomic E-state index is 9.80. The van der Waals surface area contributed by atoms with Gasteiger partial charge in [0.1, 0.15) is 6.07 Å². The van der Waals surface area contributed by atoms with E-state index in [0.717, 1.165) is 84.7 Å². The number of anilines is 2. The molecule has 0 unspecified atom stereocenters. The van der Waals surface area contributed by atoms with Crippen LogP contribution in [-0.4, -0.2) is 59.2 Å². The first-order chi connectivity index (χ1) is 20.2. The minimum atomic E-state index is 0.227. The number of nitrogens with one attached hydrogen (secondary N) is 1. The van der Waals surface area contributed by atoms with Gasteiger partial charge in [-0.25, -0.2) is 0 Å². The summed E-state index contributed by atoms with van der Waals surface area (Å²) in [5.41, 5.74) is 8.87. The summed E-state index contributed by atoms with van der Waals surface area (Å²) in [5.74, 6) is 0. The maximum absolute atomic E-state index is 9.80. The Morgan fingerprint density at radius 3 is 2.29 bits per heavy atom. The predicted octanol–water partition coefficient (Wildman–Crippen LogP) is 5.81. The number of pyridine rings is 1. The zero-order valence-electron chi connectivity index (χ0n) is 23.0. The Labute approximate surface area is 240 Å². The second kappa shape index (κ2) is 12.4. The molecule has 3 heterocycles. The van der Waals surface area contributed by atoms with Crippen molar-refractivity contribution < 1.29 is 9.52 Å². The van der Waals surface area contributed by atoms with Gasteiger partial charge >= 0.3 is 0 Å². The highest BCUT2D eigenvalue weighted by atomic mass is 16.3. The second-order valence-electron chi connectivity index (χ2n) is 10.6. The van der Waals surface area contributed by atoms with Gasteiger partial charge in [0.2, 0.25) is 0 Å². The summed E-state index contributed by atoms with van der Waals surface area (Å²) in [6.07, 6.45) is 5.91. The molecule has 0 amide bonds. The summed E-state index contributed by atoms with van der Waals surface area (Å²) in [6, 6.07) is 27.5. The molecule has 206 valence electrons. The Morgan fingerprint density at radius 2 is 1.59 bits per heavy atom. The van der Waals surface area contributed by atoms with Gasteiger partial charge in [-0.15, -0.1) is 0 Å². The quantitative estimate of drug-likeness (QED) is 0.243. The van der Waals surface area contributed by atoms with Crippen molar-refractivity contribution in [2.45, 2.75) is 13.0 Å². The van der Waals surface area contributed by atoms with E-state index in [1.807, 2.05) is 24.3 Å². The van der Waals surface area contributed by atoms with Gasteiger partial charge in [0, 0.05) is 63.0 Å². The lowest BCUT2D eigenvalue weighted by Gasteiger charge is -2.34. The molecule has 1 fully saturated rings. The van der Waals surface area contributed by atoms with Gasteiger partial charge in [-0.3, -0.25) is 14.8 Å². The molecule has 0 radical (unpaired) electrons. The van der Waals surface area contributed by atoms with Crippen LogP contribution in [0.3, 0.4) is 0 Å². The average Bonchev–Trinajstić information content (AvgIpc) is 3.53. The summed E-state index contributed by atoms with van der Waals surface area (Å²) >= 11 is 0. The number of piperazine rings is 1. The molecule has 7 nitrogen and oxygen atoms in total. The number of aliphatic hydroxyl groups excluding tert-OH is 1. The SMILES string of the molecule is N#Cc1cnc2cc(-c3ccc(CN4CCN(CCO)CC4)cc3)ccc2c1Nc1ccc(Cc2ccoc2)cc1. The van der Waals surface area contributed by atoms with Crippen LogP contribution in [0.15, 0.2) is 95.9 Å². The van der Waals surface area contributed by atoms with Crippen molar-refractivity contribution in [1.82, 2.24) is 14.8 Å². The number of nitrogens with zero attached hydrogens (tertiary/aromatic N) is 4. The highest BCUT2D eigenvalue weighted by Gasteiger charge is 2.16. The first-order valence-corrected chi connectivity index (χ1v) is 14.0. The van der Waals surface area contributed by atoms with Gasteiger partial charge in [0.15, 0.2) is 0 Å². The molecule has 2 N–H and O–H groups in total. The number of aromatic nitrogens is 1. The molecule has 0 atom stereocenters. The molecule has 0 aliphatic carbocycles. The number of hydrogen-bond acceptors (Lipinski definition) is 7. The standard InChI is InChI=1S/C34H33N5O2/c35-21-30-22-36-33-20-29(28-5-1-26(2-6-28)23-39-14-12-38(13-15-39)16-17-40)7-10-32(33)34(30)37-31-8-3-25(4-9-31)19-27-11-18-41-24-27/h1-11,18,20,22,24,40H,12-17,19,23H2,(H,36,37). The molecule has 3 aromatic carbocycles. The van der Waals surface area contributed by atoms with Gasteiger partial charge in [-0.2, -0.15) is 5.26 Å². The van der Waals surface area contributed by atoms with Crippen LogP contribution >= 0.6 is 0 Å². The van der Waals surface area contributed by atoms with Gasteiger partial charge in [-0.1, -0.05) is 48.5 Å². The van der Waals surface area contributed by atoms with Crippen LogP contribution in [0.2, 0.25) is 0 Å². The van der Waals surface area contributed by atoms with Crippen molar-refractivity contribution in [1.29, 1.82) is 5.26 Å². The fourth-order valence-electron chi connectivity index (χ4n) is 5.45. The van der Waals surface area contributed by atoms with Crippen LogP contribution in [0.1, 0.15) is 22.3 Å². The van der Waals surface area contributed by atoms with Gasteiger partial charge < -0.3 is 14.8 Å². The number of aliphatic hydroxyl groups is 1. The number of rotatable bonds is 9. The Hall–Kier alpha value is -4.48. The molecule has 41 heavy (non-hydrogen) atoms. The van der Waals surface area contributed by atoms with E-state index in [-0.39, 0.29) is 6.61 Å². The number of furan rings is 1. The number of β-amino-alcohol motifs (C(OH)–C–C–N with tert-alkyl or cyclic N) is 1. The lowest BCUT2D eigenvalue weighted by atomic mass is 10.0. The molecular formula is C34H33N5O2. The fraction of sp³-hybridized carbons (Fsp3) is 0.235. The van der Waals surface area contributed by atoms with E-state index < -0.39 is 0 Å². The van der Waals surface area contributed by atoms with E-state index in [9.17, 15) is 5.26 Å². The topological polar surface area (TPSA) is 88.6 Å². The summed E-state index contributed by atoms with van der Waals surface area (Å²) < 4.78 is 5.18. The van der Waals surface area contributed by atoms with Crippen LogP contribution in [0.25, 0.3) is 22.0 Å². The number of hydrogen-bond donors (Lipinski definition) is 2. The molecule has 1 aliphatic heterocycles. The molecule has 0 saturated carbocycles. The lowest BCUT2D eigenvalue weighted by Crippen LogP contribution is -2.46. The monoisotopic (exact) mass is 543 g/mol. The smallest absolute Gasteiger partial charge is 0.103 e. The van der Waals surface area contributed by atoms with E-state index >= 15 is 0 Å². The molecule has 0 spiro atoms. The van der Waals surface area contributed by atoms with Crippen LogP contribution in [0.5, 0.6) is 0 Å². The molecule has 5 aromatic rings. The first-order valence-electron chi connectivity index (χ1n) is 14.0. The van der Waals surface area contributed by atoms with Crippen LogP contribution < -0.4 is 5.32 Å². The molecule has 1 saturated heterocycles. The third-order valence-electron chi connectivity index (χ3n) is 7.78. The van der Waals surface area contributed by atoms with Crippen molar-refractivity contribution in [3.05, 3.63) is 114 Å². The summed E-state index contributed by atoms with van der Waals surface area (Å²) in [5, 5.41) is 23.3. The normalized spacial score (nSPS) is 14.2. The average molecular weight is 544 g/mol. The summed E-state index contributed by atoms with van der Waals surface area (Å²) in [6.45, 7) is 5.98. The lowest BCUT2D eigenvalue weighted by molar-refractivity contribution is 0.108. The Kier molecular flexibility index (Phi) is 8.06. The molecular weight excluding hydrogens is 510 g/mol. The predicted molar refractivity (Wildman–Crippen MR) is 162 cm³/mol. The molecule has 7 heteroatoms. The minimum Gasteiger partial charge on any atom is -0.472 e.